The Hall–Kier alpha value is -1.98. The zero-order valence-electron chi connectivity index (χ0n) is 11.3. The summed E-state index contributed by atoms with van der Waals surface area (Å²) >= 11 is 0. The van der Waals surface area contributed by atoms with Crippen LogP contribution in [0.3, 0.4) is 0 Å². The molecule has 1 unspecified atom stereocenters. The van der Waals surface area contributed by atoms with Crippen molar-refractivity contribution < 1.29 is 13.2 Å². The SMILES string of the molecule is Cc1cc(NC(C)CC(F)(F)F)c2cc(N)ccc2n1. The standard InChI is InChI=1S/C14H16F3N3/c1-8-5-13(20-9(2)7-14(15,16)17)11-6-10(18)3-4-12(11)19-8/h3-6,9H,7,18H2,1-2H3,(H,19,20). The molecule has 2 aromatic rings. The van der Waals surface area contributed by atoms with Crippen molar-refractivity contribution in [2.24, 2.45) is 0 Å². The Morgan fingerprint density at radius 2 is 2.00 bits per heavy atom. The number of alkyl halides is 3. The summed E-state index contributed by atoms with van der Waals surface area (Å²) in [6.45, 7) is 3.30. The molecular formula is C14H16F3N3. The zero-order valence-corrected chi connectivity index (χ0v) is 11.3. The number of aryl methyl sites for hydroxylation is 1. The van der Waals surface area contributed by atoms with E-state index in [-0.39, 0.29) is 0 Å². The first-order chi connectivity index (χ1) is 9.24. The number of aromatic nitrogens is 1. The third-order valence-electron chi connectivity index (χ3n) is 2.90. The summed E-state index contributed by atoms with van der Waals surface area (Å²) in [5.41, 5.74) is 8.35. The molecule has 0 saturated carbocycles. The topological polar surface area (TPSA) is 50.9 Å². The molecule has 0 radical (unpaired) electrons. The van der Waals surface area contributed by atoms with E-state index in [0.717, 1.165) is 11.1 Å². The second kappa shape index (κ2) is 5.19. The van der Waals surface area contributed by atoms with Gasteiger partial charge in [0, 0.05) is 28.5 Å². The summed E-state index contributed by atoms with van der Waals surface area (Å²) < 4.78 is 37.2. The molecule has 1 atom stereocenters. The van der Waals surface area contributed by atoms with E-state index in [0.29, 0.717) is 16.9 Å². The van der Waals surface area contributed by atoms with Crippen molar-refractivity contribution in [3.63, 3.8) is 0 Å². The molecule has 108 valence electrons. The highest BCUT2D eigenvalue weighted by Gasteiger charge is 2.30. The van der Waals surface area contributed by atoms with Gasteiger partial charge in [0.15, 0.2) is 0 Å². The lowest BCUT2D eigenvalue weighted by atomic mass is 10.1. The monoisotopic (exact) mass is 283 g/mol. The highest BCUT2D eigenvalue weighted by atomic mass is 19.4. The van der Waals surface area contributed by atoms with Crippen LogP contribution >= 0.6 is 0 Å². The van der Waals surface area contributed by atoms with Crippen molar-refractivity contribution in [1.82, 2.24) is 4.98 Å². The predicted molar refractivity (Wildman–Crippen MR) is 74.6 cm³/mol. The van der Waals surface area contributed by atoms with Gasteiger partial charge in [-0.25, -0.2) is 0 Å². The number of benzene rings is 1. The van der Waals surface area contributed by atoms with Gasteiger partial charge in [0.1, 0.15) is 0 Å². The van der Waals surface area contributed by atoms with E-state index in [1.807, 2.05) is 0 Å². The van der Waals surface area contributed by atoms with Crippen LogP contribution in [0.15, 0.2) is 24.3 Å². The van der Waals surface area contributed by atoms with Crippen molar-refractivity contribution in [3.05, 3.63) is 30.0 Å². The third kappa shape index (κ3) is 3.53. The van der Waals surface area contributed by atoms with Crippen molar-refractivity contribution in [1.29, 1.82) is 0 Å². The van der Waals surface area contributed by atoms with E-state index >= 15 is 0 Å². The summed E-state index contributed by atoms with van der Waals surface area (Å²) in [5, 5.41) is 3.62. The second-order valence-corrected chi connectivity index (χ2v) is 4.95. The number of nitrogens with zero attached hydrogens (tertiary/aromatic N) is 1. The van der Waals surface area contributed by atoms with Crippen molar-refractivity contribution >= 4 is 22.3 Å². The van der Waals surface area contributed by atoms with Gasteiger partial charge >= 0.3 is 6.18 Å². The predicted octanol–water partition coefficient (Wildman–Crippen LogP) is 3.88. The molecule has 0 aliphatic rings. The van der Waals surface area contributed by atoms with Crippen LogP contribution in [0.4, 0.5) is 24.5 Å². The number of pyridine rings is 1. The second-order valence-electron chi connectivity index (χ2n) is 4.95. The van der Waals surface area contributed by atoms with Gasteiger partial charge in [-0.3, -0.25) is 4.98 Å². The van der Waals surface area contributed by atoms with Crippen molar-refractivity contribution in [2.45, 2.75) is 32.5 Å². The number of hydrogen-bond donors (Lipinski definition) is 2. The van der Waals surface area contributed by atoms with Crippen LogP contribution in [0.1, 0.15) is 19.0 Å². The minimum atomic E-state index is -4.19. The van der Waals surface area contributed by atoms with Crippen molar-refractivity contribution in [2.75, 3.05) is 11.1 Å². The van der Waals surface area contributed by atoms with E-state index in [1.54, 1.807) is 31.2 Å². The number of nitrogens with one attached hydrogen (secondary N) is 1. The minimum absolute atomic E-state index is 0.551. The Morgan fingerprint density at radius 3 is 2.65 bits per heavy atom. The Bertz CT molecular complexity index is 623. The molecule has 3 N–H and O–H groups in total. The highest BCUT2D eigenvalue weighted by molar-refractivity contribution is 5.93. The van der Waals surface area contributed by atoms with Gasteiger partial charge in [0.05, 0.1) is 11.9 Å². The third-order valence-corrected chi connectivity index (χ3v) is 2.90. The molecule has 1 aromatic heterocycles. The highest BCUT2D eigenvalue weighted by Crippen LogP contribution is 2.28. The van der Waals surface area contributed by atoms with E-state index in [4.69, 9.17) is 5.73 Å². The maximum Gasteiger partial charge on any atom is 0.391 e. The van der Waals surface area contributed by atoms with Crippen LogP contribution in [-0.2, 0) is 0 Å². The van der Waals surface area contributed by atoms with Gasteiger partial charge < -0.3 is 11.1 Å². The molecule has 0 aliphatic heterocycles. The largest absolute Gasteiger partial charge is 0.399 e. The fourth-order valence-corrected chi connectivity index (χ4v) is 2.16. The number of anilines is 2. The zero-order chi connectivity index (χ0) is 14.9. The van der Waals surface area contributed by atoms with Gasteiger partial charge in [-0.2, -0.15) is 13.2 Å². The van der Waals surface area contributed by atoms with Crippen LogP contribution in [0, 0.1) is 6.92 Å². The summed E-state index contributed by atoms with van der Waals surface area (Å²) in [7, 11) is 0. The smallest absolute Gasteiger partial charge is 0.391 e. The molecule has 1 heterocycles. The molecule has 0 aliphatic carbocycles. The Balaban J connectivity index is 2.35. The first-order valence-corrected chi connectivity index (χ1v) is 6.25. The van der Waals surface area contributed by atoms with Gasteiger partial charge in [0.25, 0.3) is 0 Å². The van der Waals surface area contributed by atoms with Crippen LogP contribution in [-0.4, -0.2) is 17.2 Å². The van der Waals surface area contributed by atoms with E-state index in [1.165, 1.54) is 6.92 Å². The number of nitrogens with two attached hydrogens (primary N) is 1. The maximum atomic E-state index is 12.4. The summed E-state index contributed by atoms with van der Waals surface area (Å²) in [6.07, 6.45) is -5.08. The summed E-state index contributed by atoms with van der Waals surface area (Å²) in [4.78, 5) is 4.34. The van der Waals surface area contributed by atoms with Gasteiger partial charge in [-0.15, -0.1) is 0 Å². The Labute approximate surface area is 115 Å². The quantitative estimate of drug-likeness (QED) is 0.840. The lowest BCUT2D eigenvalue weighted by molar-refractivity contribution is -0.136. The van der Waals surface area contributed by atoms with Crippen LogP contribution in [0.5, 0.6) is 0 Å². The fourth-order valence-electron chi connectivity index (χ4n) is 2.16. The first-order valence-electron chi connectivity index (χ1n) is 6.25. The first kappa shape index (κ1) is 14.4. The molecule has 0 fully saturated rings. The summed E-state index contributed by atoms with van der Waals surface area (Å²) in [6, 6.07) is 6.20. The van der Waals surface area contributed by atoms with E-state index in [9.17, 15) is 13.2 Å². The van der Waals surface area contributed by atoms with Crippen LogP contribution < -0.4 is 11.1 Å². The number of nitrogen functional groups attached to an aromatic ring is 1. The maximum absolute atomic E-state index is 12.4. The number of halogens is 3. The van der Waals surface area contributed by atoms with Crippen molar-refractivity contribution in [3.8, 4) is 0 Å². The molecule has 0 spiro atoms. The number of hydrogen-bond acceptors (Lipinski definition) is 3. The van der Waals surface area contributed by atoms with Crippen LogP contribution in [0.2, 0.25) is 0 Å². The van der Waals surface area contributed by atoms with Gasteiger partial charge in [-0.1, -0.05) is 0 Å². The molecule has 6 heteroatoms. The molecule has 0 amide bonds. The van der Waals surface area contributed by atoms with Gasteiger partial charge in [-0.05, 0) is 38.1 Å². The molecule has 3 nitrogen and oxygen atoms in total. The molecule has 0 bridgehead atoms. The summed E-state index contributed by atoms with van der Waals surface area (Å²) in [5.74, 6) is 0. The average molecular weight is 283 g/mol. The molecule has 20 heavy (non-hydrogen) atoms. The fraction of sp³-hybridized carbons (Fsp3) is 0.357. The Morgan fingerprint density at radius 1 is 1.30 bits per heavy atom. The molecule has 2 rings (SSSR count). The van der Waals surface area contributed by atoms with Gasteiger partial charge in [0.2, 0.25) is 0 Å². The van der Waals surface area contributed by atoms with Crippen LogP contribution in [0.25, 0.3) is 10.9 Å². The minimum Gasteiger partial charge on any atom is -0.399 e. The Kier molecular flexibility index (Phi) is 3.74. The molecule has 1 aromatic carbocycles. The normalized spacial score (nSPS) is 13.4. The van der Waals surface area contributed by atoms with E-state index in [2.05, 4.69) is 10.3 Å². The number of fused-ring (bicyclic) bond motifs is 1. The lowest BCUT2D eigenvalue weighted by Gasteiger charge is -2.19. The molecular weight excluding hydrogens is 267 g/mol. The average Bonchev–Trinajstić information content (AvgIpc) is 2.27. The van der Waals surface area contributed by atoms with E-state index < -0.39 is 18.6 Å². The lowest BCUT2D eigenvalue weighted by Crippen LogP contribution is -2.24. The number of rotatable bonds is 3. The molecule has 0 saturated heterocycles.